The van der Waals surface area contributed by atoms with Crippen molar-refractivity contribution in [2.24, 2.45) is 0 Å². The van der Waals surface area contributed by atoms with Crippen LogP contribution in [0.15, 0.2) is 24.3 Å². The number of esters is 1. The normalized spacial score (nSPS) is 9.00. The lowest BCUT2D eigenvalue weighted by Gasteiger charge is -2.01. The third-order valence-electron chi connectivity index (χ3n) is 1.40. The quantitative estimate of drug-likeness (QED) is 0.431. The maximum absolute atomic E-state index is 10.6. The van der Waals surface area contributed by atoms with Crippen LogP contribution in [-0.2, 0) is 4.79 Å². The molecular weight excluding hydrogens is 170 g/mol. The van der Waals surface area contributed by atoms with Crippen LogP contribution in [0.3, 0.4) is 0 Å². The summed E-state index contributed by atoms with van der Waals surface area (Å²) in [5, 5.41) is 6.61. The fraction of sp³-hybridized carbons (Fsp3) is 0.111. The summed E-state index contributed by atoms with van der Waals surface area (Å²) < 4.78 is 9.64. The highest BCUT2D eigenvalue weighted by molar-refractivity contribution is 6.22. The molecule has 4 heteroatoms. The summed E-state index contributed by atoms with van der Waals surface area (Å²) in [4.78, 5) is 10.6. The molecule has 0 bridgehead atoms. The number of hydrogen-bond donors (Lipinski definition) is 1. The fourth-order valence-corrected chi connectivity index (χ4v) is 0.789. The second-order valence-corrected chi connectivity index (χ2v) is 2.24. The van der Waals surface area contributed by atoms with Gasteiger partial charge in [0, 0.05) is 0 Å². The molecule has 0 spiro atoms. The van der Waals surface area contributed by atoms with Crippen molar-refractivity contribution in [3.8, 4) is 11.5 Å². The minimum Gasteiger partial charge on any atom is -0.497 e. The highest BCUT2D eigenvalue weighted by Crippen LogP contribution is 2.16. The van der Waals surface area contributed by atoms with Crippen molar-refractivity contribution in [3.63, 3.8) is 0 Å². The number of nitrogens with one attached hydrogen (secondary N) is 1. The number of hydrogen-bond acceptors (Lipinski definition) is 4. The van der Waals surface area contributed by atoms with Crippen molar-refractivity contribution in [1.82, 2.24) is 0 Å². The molecule has 13 heavy (non-hydrogen) atoms. The molecule has 1 aromatic rings. The first-order valence-corrected chi connectivity index (χ1v) is 3.62. The summed E-state index contributed by atoms with van der Waals surface area (Å²) >= 11 is 0. The SMILES string of the molecule is COc1ccc(OC(=O)C=N)cc1. The summed E-state index contributed by atoms with van der Waals surface area (Å²) in [6.45, 7) is 0. The van der Waals surface area contributed by atoms with Gasteiger partial charge in [-0.15, -0.1) is 0 Å². The van der Waals surface area contributed by atoms with Gasteiger partial charge in [0.25, 0.3) is 0 Å². The van der Waals surface area contributed by atoms with Crippen LogP contribution >= 0.6 is 0 Å². The van der Waals surface area contributed by atoms with E-state index in [1.54, 1.807) is 31.4 Å². The van der Waals surface area contributed by atoms with Crippen molar-refractivity contribution >= 4 is 12.2 Å². The zero-order valence-electron chi connectivity index (χ0n) is 7.11. The molecule has 0 aromatic heterocycles. The van der Waals surface area contributed by atoms with E-state index in [0.29, 0.717) is 17.7 Å². The number of benzene rings is 1. The van der Waals surface area contributed by atoms with Crippen LogP contribution < -0.4 is 9.47 Å². The molecule has 0 saturated carbocycles. The maximum atomic E-state index is 10.6. The summed E-state index contributed by atoms with van der Waals surface area (Å²) in [6.07, 6.45) is 0.615. The summed E-state index contributed by atoms with van der Waals surface area (Å²) in [7, 11) is 1.55. The van der Waals surface area contributed by atoms with Gasteiger partial charge in [-0.05, 0) is 24.3 Å². The molecule has 0 saturated heterocycles. The molecule has 0 amide bonds. The molecule has 0 aliphatic rings. The average molecular weight is 179 g/mol. The summed E-state index contributed by atoms with van der Waals surface area (Å²) in [5.41, 5.74) is 0. The minimum atomic E-state index is -0.690. The Morgan fingerprint density at radius 3 is 2.31 bits per heavy atom. The van der Waals surface area contributed by atoms with Crippen molar-refractivity contribution in [1.29, 1.82) is 5.41 Å². The van der Waals surface area contributed by atoms with Crippen molar-refractivity contribution in [2.75, 3.05) is 7.11 Å². The molecular formula is C9H9NO3. The molecule has 1 rings (SSSR count). The number of carbonyl (C=O) groups is 1. The number of methoxy groups -OCH3 is 1. The van der Waals surface area contributed by atoms with Crippen LogP contribution in [0.5, 0.6) is 11.5 Å². The van der Waals surface area contributed by atoms with Crippen LogP contribution in [0.1, 0.15) is 0 Å². The Hall–Kier alpha value is -1.84. The van der Waals surface area contributed by atoms with Gasteiger partial charge >= 0.3 is 5.97 Å². The average Bonchev–Trinajstić information content (AvgIpc) is 2.19. The van der Waals surface area contributed by atoms with Crippen LogP contribution in [0.2, 0.25) is 0 Å². The predicted molar refractivity (Wildman–Crippen MR) is 47.4 cm³/mol. The molecule has 0 aliphatic carbocycles. The minimum absolute atomic E-state index is 0.398. The van der Waals surface area contributed by atoms with E-state index in [-0.39, 0.29) is 0 Å². The Morgan fingerprint density at radius 1 is 1.31 bits per heavy atom. The van der Waals surface area contributed by atoms with E-state index in [1.807, 2.05) is 0 Å². The molecule has 1 aromatic carbocycles. The molecule has 0 fully saturated rings. The van der Waals surface area contributed by atoms with E-state index in [1.165, 1.54) is 0 Å². The Bertz CT molecular complexity index is 305. The standard InChI is InChI=1S/C9H9NO3/c1-12-7-2-4-8(5-3-7)13-9(11)6-10/h2-6,10H,1H3. The molecule has 0 heterocycles. The van der Waals surface area contributed by atoms with Crippen molar-refractivity contribution < 1.29 is 14.3 Å². The first kappa shape index (κ1) is 9.25. The molecule has 68 valence electrons. The Kier molecular flexibility index (Phi) is 3.03. The van der Waals surface area contributed by atoms with Gasteiger partial charge < -0.3 is 14.9 Å². The van der Waals surface area contributed by atoms with Gasteiger partial charge in [-0.1, -0.05) is 0 Å². The van der Waals surface area contributed by atoms with Crippen LogP contribution in [-0.4, -0.2) is 19.3 Å². The number of ether oxygens (including phenoxy) is 2. The van der Waals surface area contributed by atoms with Gasteiger partial charge in [0.05, 0.1) is 7.11 Å². The van der Waals surface area contributed by atoms with Gasteiger partial charge in [0.15, 0.2) is 0 Å². The lowest BCUT2D eigenvalue weighted by Crippen LogP contribution is -2.07. The van der Waals surface area contributed by atoms with Crippen molar-refractivity contribution in [3.05, 3.63) is 24.3 Å². The molecule has 1 N–H and O–H groups in total. The smallest absolute Gasteiger partial charge is 0.354 e. The van der Waals surface area contributed by atoms with E-state index in [2.05, 4.69) is 0 Å². The Balaban J connectivity index is 2.69. The van der Waals surface area contributed by atoms with Gasteiger partial charge in [0.2, 0.25) is 0 Å². The van der Waals surface area contributed by atoms with E-state index < -0.39 is 5.97 Å². The van der Waals surface area contributed by atoms with Crippen LogP contribution in [0.4, 0.5) is 0 Å². The lowest BCUT2D eigenvalue weighted by atomic mass is 10.3. The zero-order valence-corrected chi connectivity index (χ0v) is 7.11. The van der Waals surface area contributed by atoms with Crippen LogP contribution in [0.25, 0.3) is 0 Å². The van der Waals surface area contributed by atoms with E-state index in [9.17, 15) is 4.79 Å². The van der Waals surface area contributed by atoms with Gasteiger partial charge in [0.1, 0.15) is 17.7 Å². The first-order valence-electron chi connectivity index (χ1n) is 3.62. The van der Waals surface area contributed by atoms with E-state index in [4.69, 9.17) is 14.9 Å². The Labute approximate surface area is 75.6 Å². The van der Waals surface area contributed by atoms with Crippen molar-refractivity contribution in [2.45, 2.75) is 0 Å². The molecule has 0 atom stereocenters. The summed E-state index contributed by atoms with van der Waals surface area (Å²) in [6, 6.07) is 6.54. The molecule has 0 aliphatic heterocycles. The summed E-state index contributed by atoms with van der Waals surface area (Å²) in [5.74, 6) is 0.397. The first-order chi connectivity index (χ1) is 6.26. The van der Waals surface area contributed by atoms with E-state index in [0.717, 1.165) is 0 Å². The lowest BCUT2D eigenvalue weighted by molar-refractivity contribution is -0.126. The predicted octanol–water partition coefficient (Wildman–Crippen LogP) is 1.25. The third-order valence-corrected chi connectivity index (χ3v) is 1.40. The molecule has 4 nitrogen and oxygen atoms in total. The topological polar surface area (TPSA) is 59.4 Å². The Morgan fingerprint density at radius 2 is 1.85 bits per heavy atom. The largest absolute Gasteiger partial charge is 0.497 e. The fourth-order valence-electron chi connectivity index (χ4n) is 0.789. The third kappa shape index (κ3) is 2.59. The van der Waals surface area contributed by atoms with Gasteiger partial charge in [-0.25, -0.2) is 4.79 Å². The van der Waals surface area contributed by atoms with Gasteiger partial charge in [-0.2, -0.15) is 0 Å². The molecule has 0 unspecified atom stereocenters. The second kappa shape index (κ2) is 4.25. The molecule has 0 radical (unpaired) electrons. The highest BCUT2D eigenvalue weighted by Gasteiger charge is 1.99. The van der Waals surface area contributed by atoms with Gasteiger partial charge in [-0.3, -0.25) is 0 Å². The number of rotatable bonds is 3. The van der Waals surface area contributed by atoms with E-state index >= 15 is 0 Å². The van der Waals surface area contributed by atoms with Crippen LogP contribution in [0, 0.1) is 5.41 Å². The highest BCUT2D eigenvalue weighted by atomic mass is 16.5. The second-order valence-electron chi connectivity index (χ2n) is 2.24. The zero-order chi connectivity index (χ0) is 9.68. The maximum Gasteiger partial charge on any atom is 0.354 e. The monoisotopic (exact) mass is 179 g/mol. The number of carbonyl (C=O) groups excluding carboxylic acids is 1.